The molecule has 0 amide bonds. The Balaban J connectivity index is 1.49. The summed E-state index contributed by atoms with van der Waals surface area (Å²) in [5.74, 6) is -1.73. The first-order valence-electron chi connectivity index (χ1n) is 10.1. The number of rotatable bonds is 4. The van der Waals surface area contributed by atoms with E-state index in [0.717, 1.165) is 5.56 Å². The first kappa shape index (κ1) is 20.7. The molecule has 0 bridgehead atoms. The highest BCUT2D eigenvalue weighted by molar-refractivity contribution is 5.73. The fourth-order valence-electron chi connectivity index (χ4n) is 4.10. The molecule has 0 aliphatic carbocycles. The van der Waals surface area contributed by atoms with Crippen LogP contribution in [-0.4, -0.2) is 62.2 Å². The molecule has 10 heteroatoms. The van der Waals surface area contributed by atoms with E-state index >= 15 is 0 Å². The Morgan fingerprint density at radius 1 is 1.12 bits per heavy atom. The minimum atomic E-state index is -1.50. The number of aromatic nitrogens is 3. The number of hydrogen-bond acceptors (Lipinski definition) is 7. The standard InChI is InChI=1S/C22H20FN3O6/c23-14-8-4-7-13(9-14)15-10-26(25-24-15)17-18(27)20(21(28)29)31-16-11-30-22(32-19(16)17)12-5-2-1-3-6-12/h1-10,16-20,22,27H,11H2,(H,28,29)/t16-,17-,18-,19+,20-,22+/m1/s1. The third-order valence-electron chi connectivity index (χ3n) is 5.63. The number of carbonyl (C=O) groups is 1. The molecular weight excluding hydrogens is 421 g/mol. The first-order chi connectivity index (χ1) is 15.5. The maximum atomic E-state index is 13.6. The van der Waals surface area contributed by atoms with Crippen LogP contribution in [0.4, 0.5) is 4.39 Å². The van der Waals surface area contributed by atoms with Crippen molar-refractivity contribution in [2.45, 2.75) is 36.7 Å². The third-order valence-corrected chi connectivity index (χ3v) is 5.63. The number of ether oxygens (including phenoxy) is 3. The van der Waals surface area contributed by atoms with Crippen LogP contribution in [-0.2, 0) is 19.0 Å². The molecule has 2 N–H and O–H groups in total. The molecule has 5 rings (SSSR count). The van der Waals surface area contributed by atoms with E-state index in [0.29, 0.717) is 11.3 Å². The molecule has 2 aliphatic heterocycles. The van der Waals surface area contributed by atoms with E-state index in [9.17, 15) is 19.4 Å². The van der Waals surface area contributed by atoms with E-state index in [1.165, 1.54) is 23.0 Å². The second-order valence-corrected chi connectivity index (χ2v) is 7.69. The number of fused-ring (bicyclic) bond motifs is 1. The van der Waals surface area contributed by atoms with Crippen molar-refractivity contribution in [3.8, 4) is 11.3 Å². The van der Waals surface area contributed by atoms with Gasteiger partial charge in [-0.25, -0.2) is 13.9 Å². The summed E-state index contributed by atoms with van der Waals surface area (Å²) >= 11 is 0. The van der Waals surface area contributed by atoms with Crippen molar-refractivity contribution in [2.24, 2.45) is 0 Å². The van der Waals surface area contributed by atoms with Crippen molar-refractivity contribution < 1.29 is 33.6 Å². The van der Waals surface area contributed by atoms with Crippen LogP contribution in [0.15, 0.2) is 60.8 Å². The average Bonchev–Trinajstić information content (AvgIpc) is 3.28. The number of carboxylic acid groups (broad SMARTS) is 1. The highest BCUT2D eigenvalue weighted by atomic mass is 19.1. The Labute approximate surface area is 182 Å². The molecule has 166 valence electrons. The number of halogens is 1. The van der Waals surface area contributed by atoms with Gasteiger partial charge in [0.05, 0.1) is 12.8 Å². The van der Waals surface area contributed by atoms with Gasteiger partial charge < -0.3 is 24.4 Å². The van der Waals surface area contributed by atoms with Gasteiger partial charge in [-0.1, -0.05) is 47.7 Å². The monoisotopic (exact) mass is 441 g/mol. The van der Waals surface area contributed by atoms with Crippen molar-refractivity contribution in [1.29, 1.82) is 0 Å². The predicted octanol–water partition coefficient (Wildman–Crippen LogP) is 1.95. The SMILES string of the molecule is O=C(O)[C@@H]1O[C@@H]2CO[C@H](c3ccccc3)O[C@@H]2[C@H](n2cc(-c3cccc(F)c3)nn2)[C@H]1O. The van der Waals surface area contributed by atoms with Crippen LogP contribution >= 0.6 is 0 Å². The Bertz CT molecular complexity index is 1110. The molecule has 6 atom stereocenters. The number of benzene rings is 2. The molecule has 9 nitrogen and oxygen atoms in total. The van der Waals surface area contributed by atoms with Crippen molar-refractivity contribution in [3.63, 3.8) is 0 Å². The van der Waals surface area contributed by atoms with Crippen LogP contribution in [0.2, 0.25) is 0 Å². The molecule has 0 unspecified atom stereocenters. The Hall–Kier alpha value is -3.18. The predicted molar refractivity (Wildman–Crippen MR) is 107 cm³/mol. The molecule has 2 aliphatic rings. The number of hydrogen-bond donors (Lipinski definition) is 2. The van der Waals surface area contributed by atoms with E-state index in [1.54, 1.807) is 12.1 Å². The van der Waals surface area contributed by atoms with Gasteiger partial charge in [-0.05, 0) is 12.1 Å². The minimum absolute atomic E-state index is 0.0721. The number of nitrogens with zero attached hydrogens (tertiary/aromatic N) is 3. The molecule has 1 aromatic heterocycles. The summed E-state index contributed by atoms with van der Waals surface area (Å²) in [6, 6.07) is 14.2. The van der Waals surface area contributed by atoms with Gasteiger partial charge in [0, 0.05) is 11.1 Å². The van der Waals surface area contributed by atoms with Crippen molar-refractivity contribution >= 4 is 5.97 Å². The lowest BCUT2D eigenvalue weighted by atomic mass is 9.91. The van der Waals surface area contributed by atoms with Crippen LogP contribution in [0.5, 0.6) is 0 Å². The Morgan fingerprint density at radius 3 is 2.69 bits per heavy atom. The fraction of sp³-hybridized carbons (Fsp3) is 0.318. The summed E-state index contributed by atoms with van der Waals surface area (Å²) in [5.41, 5.74) is 1.65. The Kier molecular flexibility index (Phi) is 5.43. The summed E-state index contributed by atoms with van der Waals surface area (Å²) in [4.78, 5) is 11.7. The maximum Gasteiger partial charge on any atom is 0.335 e. The van der Waals surface area contributed by atoms with E-state index in [-0.39, 0.29) is 6.61 Å². The number of aliphatic hydroxyl groups is 1. The topological polar surface area (TPSA) is 116 Å². The average molecular weight is 441 g/mol. The molecule has 2 aromatic carbocycles. The Morgan fingerprint density at radius 2 is 1.94 bits per heavy atom. The number of aliphatic hydroxyl groups excluding tert-OH is 1. The fourth-order valence-corrected chi connectivity index (χ4v) is 4.10. The lowest BCUT2D eigenvalue weighted by Crippen LogP contribution is -2.61. The second kappa shape index (κ2) is 8.40. The largest absolute Gasteiger partial charge is 0.479 e. The highest BCUT2D eigenvalue weighted by Gasteiger charge is 2.53. The summed E-state index contributed by atoms with van der Waals surface area (Å²) in [6.07, 6.45) is -3.66. The van der Waals surface area contributed by atoms with Crippen LogP contribution in [0.3, 0.4) is 0 Å². The highest BCUT2D eigenvalue weighted by Crippen LogP contribution is 2.39. The molecule has 0 saturated carbocycles. The summed E-state index contributed by atoms with van der Waals surface area (Å²) < 4.78 is 32.5. The van der Waals surface area contributed by atoms with Crippen LogP contribution < -0.4 is 0 Å². The van der Waals surface area contributed by atoms with Gasteiger partial charge in [-0.2, -0.15) is 0 Å². The minimum Gasteiger partial charge on any atom is -0.479 e. The van der Waals surface area contributed by atoms with Crippen molar-refractivity contribution in [2.75, 3.05) is 6.61 Å². The summed E-state index contributed by atoms with van der Waals surface area (Å²) in [5, 5.41) is 28.6. The van der Waals surface area contributed by atoms with Crippen LogP contribution in [0, 0.1) is 5.82 Å². The molecular formula is C22H20FN3O6. The molecule has 2 saturated heterocycles. The van der Waals surface area contributed by atoms with Gasteiger partial charge in [0.25, 0.3) is 0 Å². The zero-order chi connectivity index (χ0) is 22.2. The summed E-state index contributed by atoms with van der Waals surface area (Å²) in [7, 11) is 0. The zero-order valence-electron chi connectivity index (χ0n) is 16.7. The number of carboxylic acids is 1. The lowest BCUT2D eigenvalue weighted by Gasteiger charge is -2.47. The first-order valence-corrected chi connectivity index (χ1v) is 10.1. The van der Waals surface area contributed by atoms with Crippen molar-refractivity contribution in [1.82, 2.24) is 15.0 Å². The van der Waals surface area contributed by atoms with Crippen LogP contribution in [0.25, 0.3) is 11.3 Å². The normalized spacial score (nSPS) is 29.9. The smallest absolute Gasteiger partial charge is 0.335 e. The van der Waals surface area contributed by atoms with Crippen LogP contribution in [0.1, 0.15) is 17.9 Å². The zero-order valence-corrected chi connectivity index (χ0v) is 16.7. The van der Waals surface area contributed by atoms with Gasteiger partial charge in [-0.3, -0.25) is 0 Å². The lowest BCUT2D eigenvalue weighted by molar-refractivity contribution is -0.314. The number of aliphatic carboxylic acids is 1. The van der Waals surface area contributed by atoms with Gasteiger partial charge in [0.2, 0.25) is 0 Å². The molecule has 32 heavy (non-hydrogen) atoms. The van der Waals surface area contributed by atoms with Gasteiger partial charge in [0.15, 0.2) is 12.4 Å². The van der Waals surface area contributed by atoms with Gasteiger partial charge in [-0.15, -0.1) is 5.10 Å². The molecule has 3 heterocycles. The maximum absolute atomic E-state index is 13.6. The van der Waals surface area contributed by atoms with E-state index in [2.05, 4.69) is 10.3 Å². The molecule has 2 fully saturated rings. The van der Waals surface area contributed by atoms with Crippen molar-refractivity contribution in [3.05, 3.63) is 72.2 Å². The summed E-state index contributed by atoms with van der Waals surface area (Å²) in [6.45, 7) is 0.0721. The molecule has 0 spiro atoms. The van der Waals surface area contributed by atoms with E-state index < -0.39 is 48.5 Å². The van der Waals surface area contributed by atoms with E-state index in [4.69, 9.17) is 14.2 Å². The van der Waals surface area contributed by atoms with Gasteiger partial charge >= 0.3 is 5.97 Å². The quantitative estimate of drug-likeness (QED) is 0.631. The van der Waals surface area contributed by atoms with Gasteiger partial charge in [0.1, 0.15) is 35.9 Å². The second-order valence-electron chi connectivity index (χ2n) is 7.69. The third kappa shape index (κ3) is 3.78. The molecule has 0 radical (unpaired) electrons. The molecule has 3 aromatic rings. The van der Waals surface area contributed by atoms with E-state index in [1.807, 2.05) is 30.3 Å².